The Morgan fingerprint density at radius 2 is 1.81 bits per heavy atom. The van der Waals surface area contributed by atoms with Crippen LogP contribution in [0.2, 0.25) is 0 Å². The van der Waals surface area contributed by atoms with Crippen LogP contribution in [0.25, 0.3) is 10.4 Å². The molecule has 0 aliphatic heterocycles. The van der Waals surface area contributed by atoms with Crippen molar-refractivity contribution in [1.29, 1.82) is 0 Å². The number of benzene rings is 2. The van der Waals surface area contributed by atoms with Gasteiger partial charge in [-0.2, -0.15) is 0 Å². The summed E-state index contributed by atoms with van der Waals surface area (Å²) in [6.45, 7) is 6.55. The maximum absolute atomic E-state index is 12.5. The first kappa shape index (κ1) is 22.6. The predicted molar refractivity (Wildman–Crippen MR) is 125 cm³/mol. The van der Waals surface area contributed by atoms with Gasteiger partial charge in [0.15, 0.2) is 0 Å². The van der Waals surface area contributed by atoms with Gasteiger partial charge in [0, 0.05) is 11.3 Å². The number of esters is 1. The summed E-state index contributed by atoms with van der Waals surface area (Å²) in [5.41, 5.74) is 3.65. The Labute approximate surface area is 187 Å². The van der Waals surface area contributed by atoms with Gasteiger partial charge in [-0.3, -0.25) is 4.79 Å². The molecule has 0 fully saturated rings. The first-order valence-electron chi connectivity index (χ1n) is 10.3. The van der Waals surface area contributed by atoms with Crippen LogP contribution in [0.5, 0.6) is 5.75 Å². The standard InChI is InChI=1S/C25H27NO4S/c1-4-29-25(28)20-16-22(19-11-6-5-7-12-19)31-24(20)26-23(27)14-9-15-30-21-13-8-10-17(2)18(21)3/h5-8,10-13,16H,4,9,14-15H2,1-3H3,(H,26,27). The number of hydrogen-bond acceptors (Lipinski definition) is 5. The molecule has 0 atom stereocenters. The molecule has 3 rings (SSSR count). The molecule has 0 aliphatic carbocycles. The molecule has 0 unspecified atom stereocenters. The zero-order chi connectivity index (χ0) is 22.2. The number of rotatable bonds is 9. The van der Waals surface area contributed by atoms with E-state index in [0.717, 1.165) is 21.8 Å². The topological polar surface area (TPSA) is 64.6 Å². The first-order valence-corrected chi connectivity index (χ1v) is 11.2. The Morgan fingerprint density at radius 3 is 2.55 bits per heavy atom. The Hall–Kier alpha value is -3.12. The van der Waals surface area contributed by atoms with Gasteiger partial charge in [0.1, 0.15) is 10.8 Å². The number of anilines is 1. The average Bonchev–Trinajstić information content (AvgIpc) is 3.18. The van der Waals surface area contributed by atoms with Crippen LogP contribution in [0, 0.1) is 13.8 Å². The van der Waals surface area contributed by atoms with Crippen LogP contribution in [0.1, 0.15) is 41.3 Å². The summed E-state index contributed by atoms with van der Waals surface area (Å²) in [5.74, 6) is 0.252. The van der Waals surface area contributed by atoms with Crippen LogP contribution in [0.15, 0.2) is 54.6 Å². The normalized spacial score (nSPS) is 10.5. The maximum Gasteiger partial charge on any atom is 0.341 e. The van der Waals surface area contributed by atoms with Crippen LogP contribution >= 0.6 is 11.3 Å². The molecule has 3 aromatic rings. The minimum atomic E-state index is -0.436. The monoisotopic (exact) mass is 437 g/mol. The fraction of sp³-hybridized carbons (Fsp3) is 0.280. The third-order valence-electron chi connectivity index (χ3n) is 4.90. The summed E-state index contributed by atoms with van der Waals surface area (Å²) in [7, 11) is 0. The molecular formula is C25H27NO4S. The van der Waals surface area contributed by atoms with Crippen molar-refractivity contribution in [3.05, 3.63) is 71.3 Å². The summed E-state index contributed by atoms with van der Waals surface area (Å²) in [5, 5.41) is 3.39. The van der Waals surface area contributed by atoms with Gasteiger partial charge in [0.2, 0.25) is 5.91 Å². The summed E-state index contributed by atoms with van der Waals surface area (Å²) >= 11 is 1.37. The maximum atomic E-state index is 12.5. The highest BCUT2D eigenvalue weighted by atomic mass is 32.1. The fourth-order valence-electron chi connectivity index (χ4n) is 3.07. The number of carbonyl (C=O) groups excluding carboxylic acids is 2. The lowest BCUT2D eigenvalue weighted by molar-refractivity contribution is -0.116. The van der Waals surface area contributed by atoms with E-state index in [1.165, 1.54) is 16.9 Å². The highest BCUT2D eigenvalue weighted by Gasteiger charge is 2.19. The molecule has 6 heteroatoms. The molecule has 1 aromatic heterocycles. The lowest BCUT2D eigenvalue weighted by Gasteiger charge is -2.11. The number of carbonyl (C=O) groups is 2. The van der Waals surface area contributed by atoms with Gasteiger partial charge in [0.25, 0.3) is 0 Å². The molecule has 0 saturated carbocycles. The second-order valence-corrected chi connectivity index (χ2v) is 8.19. The molecule has 0 aliphatic rings. The highest BCUT2D eigenvalue weighted by molar-refractivity contribution is 7.20. The van der Waals surface area contributed by atoms with E-state index in [2.05, 4.69) is 5.32 Å². The van der Waals surface area contributed by atoms with Gasteiger partial charge in [0.05, 0.1) is 18.8 Å². The lowest BCUT2D eigenvalue weighted by atomic mass is 10.1. The number of hydrogen-bond donors (Lipinski definition) is 1. The van der Waals surface area contributed by atoms with E-state index in [9.17, 15) is 9.59 Å². The van der Waals surface area contributed by atoms with Crippen LogP contribution < -0.4 is 10.1 Å². The minimum absolute atomic E-state index is 0.156. The largest absolute Gasteiger partial charge is 0.493 e. The molecule has 0 spiro atoms. The van der Waals surface area contributed by atoms with Gasteiger partial charge in [-0.05, 0) is 56.0 Å². The van der Waals surface area contributed by atoms with E-state index >= 15 is 0 Å². The molecule has 31 heavy (non-hydrogen) atoms. The number of amides is 1. The highest BCUT2D eigenvalue weighted by Crippen LogP contribution is 2.36. The summed E-state index contributed by atoms with van der Waals surface area (Å²) in [6.07, 6.45) is 0.872. The van der Waals surface area contributed by atoms with Crippen molar-refractivity contribution in [2.24, 2.45) is 0 Å². The van der Waals surface area contributed by atoms with Crippen molar-refractivity contribution < 1.29 is 19.1 Å². The van der Waals surface area contributed by atoms with Crippen molar-refractivity contribution >= 4 is 28.2 Å². The number of ether oxygens (including phenoxy) is 2. The molecule has 0 bridgehead atoms. The molecule has 5 nitrogen and oxygen atoms in total. The molecule has 1 heterocycles. The van der Waals surface area contributed by atoms with E-state index in [1.807, 2.05) is 62.4 Å². The molecule has 2 aromatic carbocycles. The first-order chi connectivity index (χ1) is 15.0. The van der Waals surface area contributed by atoms with Crippen molar-refractivity contribution in [1.82, 2.24) is 0 Å². The van der Waals surface area contributed by atoms with E-state index in [0.29, 0.717) is 30.0 Å². The van der Waals surface area contributed by atoms with Crippen LogP contribution in [-0.4, -0.2) is 25.1 Å². The van der Waals surface area contributed by atoms with Gasteiger partial charge in [-0.25, -0.2) is 4.79 Å². The SMILES string of the molecule is CCOC(=O)c1cc(-c2ccccc2)sc1NC(=O)CCCOc1cccc(C)c1C. The van der Waals surface area contributed by atoms with Crippen LogP contribution in [0.3, 0.4) is 0 Å². The molecule has 1 N–H and O–H groups in total. The second-order valence-electron chi connectivity index (χ2n) is 7.14. The van der Waals surface area contributed by atoms with Crippen molar-refractivity contribution in [2.75, 3.05) is 18.5 Å². The second kappa shape index (κ2) is 10.8. The minimum Gasteiger partial charge on any atom is -0.493 e. The third kappa shape index (κ3) is 5.95. The Kier molecular flexibility index (Phi) is 7.84. The summed E-state index contributed by atoms with van der Waals surface area (Å²) in [6, 6.07) is 17.5. The number of aryl methyl sites for hydroxylation is 1. The van der Waals surface area contributed by atoms with Crippen molar-refractivity contribution in [3.8, 4) is 16.2 Å². The van der Waals surface area contributed by atoms with Crippen molar-refractivity contribution in [3.63, 3.8) is 0 Å². The van der Waals surface area contributed by atoms with Crippen molar-refractivity contribution in [2.45, 2.75) is 33.6 Å². The zero-order valence-electron chi connectivity index (χ0n) is 18.1. The zero-order valence-corrected chi connectivity index (χ0v) is 18.9. The third-order valence-corrected chi connectivity index (χ3v) is 6.00. The van der Waals surface area contributed by atoms with E-state index in [4.69, 9.17) is 9.47 Å². The Bertz CT molecular complexity index is 1040. The summed E-state index contributed by atoms with van der Waals surface area (Å²) < 4.78 is 11.0. The van der Waals surface area contributed by atoms with Gasteiger partial charge < -0.3 is 14.8 Å². The number of nitrogens with one attached hydrogen (secondary N) is 1. The number of thiophene rings is 1. The average molecular weight is 438 g/mol. The van der Waals surface area contributed by atoms with Gasteiger partial charge in [-0.1, -0.05) is 42.5 Å². The lowest BCUT2D eigenvalue weighted by Crippen LogP contribution is -2.15. The fourth-order valence-corrected chi connectivity index (χ4v) is 4.14. The van der Waals surface area contributed by atoms with Gasteiger partial charge >= 0.3 is 5.97 Å². The molecule has 162 valence electrons. The quantitative estimate of drug-likeness (QED) is 0.329. The Morgan fingerprint density at radius 1 is 1.03 bits per heavy atom. The smallest absolute Gasteiger partial charge is 0.341 e. The van der Waals surface area contributed by atoms with Crippen LogP contribution in [-0.2, 0) is 9.53 Å². The molecule has 0 saturated heterocycles. The van der Waals surface area contributed by atoms with E-state index in [1.54, 1.807) is 13.0 Å². The molecular weight excluding hydrogens is 410 g/mol. The molecule has 0 radical (unpaired) electrons. The van der Waals surface area contributed by atoms with E-state index < -0.39 is 5.97 Å². The van der Waals surface area contributed by atoms with Crippen LogP contribution in [0.4, 0.5) is 5.00 Å². The summed E-state index contributed by atoms with van der Waals surface area (Å²) in [4.78, 5) is 25.8. The molecule has 1 amide bonds. The van der Waals surface area contributed by atoms with Gasteiger partial charge in [-0.15, -0.1) is 11.3 Å². The van der Waals surface area contributed by atoms with E-state index in [-0.39, 0.29) is 12.5 Å². The predicted octanol–water partition coefficient (Wildman–Crippen LogP) is 6.01. The Balaban J connectivity index is 1.62.